The minimum atomic E-state index is -0.000993. The van der Waals surface area contributed by atoms with Gasteiger partial charge >= 0.3 is 0 Å². The molecular formula is C15H21N3O2. The molecule has 1 aliphatic carbocycles. The SMILES string of the molecule is CO[C@@H]1CCC[C@@]12CCCN(C(=O)c1cccnn1)C2. The van der Waals surface area contributed by atoms with Crippen LogP contribution in [0.4, 0.5) is 0 Å². The Hall–Kier alpha value is -1.49. The summed E-state index contributed by atoms with van der Waals surface area (Å²) < 4.78 is 5.67. The minimum absolute atomic E-state index is 0.000993. The second kappa shape index (κ2) is 5.48. The highest BCUT2D eigenvalue weighted by Crippen LogP contribution is 2.46. The summed E-state index contributed by atoms with van der Waals surface area (Å²) in [5.41, 5.74) is 0.599. The average molecular weight is 275 g/mol. The molecule has 0 bridgehead atoms. The highest BCUT2D eigenvalue weighted by molar-refractivity contribution is 5.92. The quantitative estimate of drug-likeness (QED) is 0.827. The first-order valence-electron chi connectivity index (χ1n) is 7.35. The Bertz CT molecular complexity index is 479. The van der Waals surface area contributed by atoms with Crippen molar-refractivity contribution in [1.29, 1.82) is 0 Å². The molecule has 1 saturated heterocycles. The summed E-state index contributed by atoms with van der Waals surface area (Å²) in [6.45, 7) is 1.61. The van der Waals surface area contributed by atoms with Crippen LogP contribution in [0, 0.1) is 5.41 Å². The zero-order chi connectivity index (χ0) is 14.0. The summed E-state index contributed by atoms with van der Waals surface area (Å²) in [5.74, 6) is -0.000993. The molecule has 1 spiro atoms. The number of methoxy groups -OCH3 is 1. The van der Waals surface area contributed by atoms with Gasteiger partial charge in [0.1, 0.15) is 0 Å². The van der Waals surface area contributed by atoms with Crippen LogP contribution in [0.25, 0.3) is 0 Å². The molecular weight excluding hydrogens is 254 g/mol. The third kappa shape index (κ3) is 2.30. The van der Waals surface area contributed by atoms with Gasteiger partial charge in [-0.2, -0.15) is 5.10 Å². The zero-order valence-electron chi connectivity index (χ0n) is 11.9. The highest BCUT2D eigenvalue weighted by atomic mass is 16.5. The average Bonchev–Trinajstić information content (AvgIpc) is 2.89. The number of carbonyl (C=O) groups is 1. The summed E-state index contributed by atoms with van der Waals surface area (Å²) in [4.78, 5) is 14.5. The topological polar surface area (TPSA) is 55.3 Å². The molecule has 0 radical (unpaired) electrons. The van der Waals surface area contributed by atoms with Crippen molar-refractivity contribution in [2.75, 3.05) is 20.2 Å². The minimum Gasteiger partial charge on any atom is -0.381 e. The van der Waals surface area contributed by atoms with Crippen molar-refractivity contribution in [1.82, 2.24) is 15.1 Å². The van der Waals surface area contributed by atoms with Gasteiger partial charge in [-0.05, 0) is 37.8 Å². The summed E-state index contributed by atoms with van der Waals surface area (Å²) in [6.07, 6.45) is 7.57. The molecule has 2 fully saturated rings. The lowest BCUT2D eigenvalue weighted by molar-refractivity contribution is -0.0296. The Morgan fingerprint density at radius 3 is 3.05 bits per heavy atom. The molecule has 2 heterocycles. The molecule has 0 aromatic carbocycles. The normalized spacial score (nSPS) is 29.9. The maximum atomic E-state index is 12.5. The molecule has 20 heavy (non-hydrogen) atoms. The second-order valence-electron chi connectivity index (χ2n) is 5.92. The number of carbonyl (C=O) groups excluding carboxylic acids is 1. The van der Waals surface area contributed by atoms with Crippen molar-refractivity contribution >= 4 is 5.91 Å². The van der Waals surface area contributed by atoms with Crippen LogP contribution in [0.5, 0.6) is 0 Å². The van der Waals surface area contributed by atoms with Gasteiger partial charge in [0.25, 0.3) is 5.91 Å². The van der Waals surface area contributed by atoms with Gasteiger partial charge in [0.15, 0.2) is 5.69 Å². The first kappa shape index (κ1) is 13.5. The van der Waals surface area contributed by atoms with Crippen LogP contribution < -0.4 is 0 Å². The van der Waals surface area contributed by atoms with Crippen molar-refractivity contribution in [2.24, 2.45) is 5.41 Å². The number of hydrogen-bond acceptors (Lipinski definition) is 4. The zero-order valence-corrected chi connectivity index (χ0v) is 11.9. The number of rotatable bonds is 2. The Balaban J connectivity index is 1.77. The van der Waals surface area contributed by atoms with Crippen LogP contribution in [0.15, 0.2) is 18.3 Å². The van der Waals surface area contributed by atoms with E-state index in [2.05, 4.69) is 10.2 Å². The van der Waals surface area contributed by atoms with Gasteiger partial charge in [0.05, 0.1) is 6.10 Å². The van der Waals surface area contributed by atoms with Crippen LogP contribution in [-0.2, 0) is 4.74 Å². The number of piperidine rings is 1. The molecule has 1 aromatic heterocycles. The fourth-order valence-corrected chi connectivity index (χ4v) is 3.85. The summed E-state index contributed by atoms with van der Waals surface area (Å²) >= 11 is 0. The Morgan fingerprint density at radius 1 is 1.45 bits per heavy atom. The van der Waals surface area contributed by atoms with Crippen LogP contribution in [-0.4, -0.2) is 47.3 Å². The largest absolute Gasteiger partial charge is 0.381 e. The van der Waals surface area contributed by atoms with Gasteiger partial charge in [-0.1, -0.05) is 6.42 Å². The monoisotopic (exact) mass is 275 g/mol. The summed E-state index contributed by atoms with van der Waals surface area (Å²) in [7, 11) is 1.79. The van der Waals surface area contributed by atoms with Crippen molar-refractivity contribution < 1.29 is 9.53 Å². The van der Waals surface area contributed by atoms with E-state index >= 15 is 0 Å². The molecule has 0 N–H and O–H groups in total. The first-order chi connectivity index (χ1) is 9.75. The van der Waals surface area contributed by atoms with Crippen molar-refractivity contribution in [3.8, 4) is 0 Å². The van der Waals surface area contributed by atoms with E-state index in [1.807, 2.05) is 4.90 Å². The van der Waals surface area contributed by atoms with E-state index < -0.39 is 0 Å². The van der Waals surface area contributed by atoms with E-state index in [0.717, 1.165) is 38.8 Å². The lowest BCUT2D eigenvalue weighted by atomic mass is 9.76. The maximum Gasteiger partial charge on any atom is 0.274 e. The van der Waals surface area contributed by atoms with Gasteiger partial charge < -0.3 is 9.64 Å². The summed E-state index contributed by atoms with van der Waals surface area (Å²) in [5, 5.41) is 7.73. The van der Waals surface area contributed by atoms with Crippen LogP contribution in [0.1, 0.15) is 42.6 Å². The van der Waals surface area contributed by atoms with Crippen molar-refractivity contribution in [3.05, 3.63) is 24.0 Å². The second-order valence-corrected chi connectivity index (χ2v) is 5.92. The van der Waals surface area contributed by atoms with E-state index in [1.165, 1.54) is 6.42 Å². The number of likely N-dealkylation sites (tertiary alicyclic amines) is 1. The van der Waals surface area contributed by atoms with Crippen LogP contribution in [0.2, 0.25) is 0 Å². The molecule has 1 amide bonds. The van der Waals surface area contributed by atoms with Crippen LogP contribution in [0.3, 0.4) is 0 Å². The molecule has 1 saturated carbocycles. The molecule has 108 valence electrons. The molecule has 5 nitrogen and oxygen atoms in total. The van der Waals surface area contributed by atoms with Gasteiger partial charge in [0.2, 0.25) is 0 Å². The van der Waals surface area contributed by atoms with E-state index in [-0.39, 0.29) is 11.3 Å². The number of hydrogen-bond donors (Lipinski definition) is 0. The fourth-order valence-electron chi connectivity index (χ4n) is 3.85. The summed E-state index contributed by atoms with van der Waals surface area (Å²) in [6, 6.07) is 3.49. The van der Waals surface area contributed by atoms with E-state index in [1.54, 1.807) is 25.4 Å². The van der Waals surface area contributed by atoms with Crippen LogP contribution >= 0.6 is 0 Å². The Labute approximate surface area is 119 Å². The molecule has 1 aliphatic heterocycles. The van der Waals surface area contributed by atoms with Crippen molar-refractivity contribution in [2.45, 2.75) is 38.2 Å². The van der Waals surface area contributed by atoms with E-state index in [0.29, 0.717) is 11.8 Å². The molecule has 1 aromatic rings. The molecule has 0 unspecified atom stereocenters. The molecule has 2 aliphatic rings. The standard InChI is InChI=1S/C15H21N3O2/c1-20-13-6-2-7-15(13)8-4-10-18(11-15)14(19)12-5-3-9-16-17-12/h3,5,9,13H,2,4,6-8,10-11H2,1H3/t13-,15+/m1/s1. The maximum absolute atomic E-state index is 12.5. The molecule has 5 heteroatoms. The van der Waals surface area contributed by atoms with Gasteiger partial charge in [-0.15, -0.1) is 5.10 Å². The first-order valence-corrected chi connectivity index (χ1v) is 7.35. The fraction of sp³-hybridized carbons (Fsp3) is 0.667. The molecule has 2 atom stereocenters. The van der Waals surface area contributed by atoms with E-state index in [9.17, 15) is 4.79 Å². The number of amides is 1. The molecule has 3 rings (SSSR count). The lowest BCUT2D eigenvalue weighted by Crippen LogP contribution is -2.50. The Kier molecular flexibility index (Phi) is 3.70. The van der Waals surface area contributed by atoms with Gasteiger partial charge in [-0.3, -0.25) is 4.79 Å². The third-order valence-electron chi connectivity index (χ3n) is 4.80. The predicted octanol–water partition coefficient (Wildman–Crippen LogP) is 1.90. The van der Waals surface area contributed by atoms with Gasteiger partial charge in [0, 0.05) is 31.8 Å². The van der Waals surface area contributed by atoms with Crippen molar-refractivity contribution in [3.63, 3.8) is 0 Å². The van der Waals surface area contributed by atoms with E-state index in [4.69, 9.17) is 4.74 Å². The third-order valence-corrected chi connectivity index (χ3v) is 4.80. The number of ether oxygens (including phenoxy) is 1. The Morgan fingerprint density at radius 2 is 2.30 bits per heavy atom. The van der Waals surface area contributed by atoms with Gasteiger partial charge in [-0.25, -0.2) is 0 Å². The highest BCUT2D eigenvalue weighted by Gasteiger charge is 2.46. The lowest BCUT2D eigenvalue weighted by Gasteiger charge is -2.43. The predicted molar refractivity (Wildman–Crippen MR) is 74.3 cm³/mol. The number of aromatic nitrogens is 2. The smallest absolute Gasteiger partial charge is 0.274 e. The number of nitrogens with zero attached hydrogens (tertiary/aromatic N) is 3.